The van der Waals surface area contributed by atoms with E-state index in [0.717, 1.165) is 55.7 Å². The lowest BCUT2D eigenvalue weighted by Gasteiger charge is -2.35. The Morgan fingerprint density at radius 1 is 0.338 bits per heavy atom. The SMILES string of the molecule is c1ccc(C2(c3ccccc3)c3ccccc3-c3ccc(N(c4ccc(-c5cccc6c5oc5ccccc56)cc4)c4ccccc4-c4cccc5ccc6ccccc6c45)cc32)cc1. The molecule has 0 unspecified atom stereocenters. The van der Waals surface area contributed by atoms with E-state index in [0.29, 0.717) is 0 Å². The van der Waals surface area contributed by atoms with Crippen LogP contribution >= 0.6 is 0 Å². The first-order valence-electron chi connectivity index (χ1n) is 22.4. The first-order chi connectivity index (χ1) is 32.3. The van der Waals surface area contributed by atoms with E-state index in [1.54, 1.807) is 0 Å². The third kappa shape index (κ3) is 5.67. The number of anilines is 3. The lowest BCUT2D eigenvalue weighted by Crippen LogP contribution is -2.28. The van der Waals surface area contributed by atoms with Gasteiger partial charge in [-0.2, -0.15) is 0 Å². The molecule has 12 aromatic rings. The van der Waals surface area contributed by atoms with Crippen LogP contribution in [-0.2, 0) is 5.41 Å². The van der Waals surface area contributed by atoms with Gasteiger partial charge in [0.2, 0.25) is 0 Å². The third-order valence-electron chi connectivity index (χ3n) is 13.7. The Bertz CT molecular complexity index is 3730. The van der Waals surface area contributed by atoms with Gasteiger partial charge < -0.3 is 9.32 Å². The standard InChI is InChI=1S/C63H41NO/c1-3-19-45(20-4-1)63(46-21-5-2-6-22-46)57-30-12-9-24-51(57)52-40-39-48(41-58(52)63)64(47-37-35-43(36-38-47)50-27-16-29-56-54-26-11-14-32-60(54)65-62(50)56)59-31-13-10-25-53(59)55-28-15-18-44-34-33-42-17-7-8-23-49(42)61(44)55/h1-41H. The van der Waals surface area contributed by atoms with E-state index in [9.17, 15) is 0 Å². The van der Waals surface area contributed by atoms with Gasteiger partial charge in [-0.25, -0.2) is 0 Å². The lowest BCUT2D eigenvalue weighted by atomic mass is 9.67. The maximum atomic E-state index is 6.54. The molecule has 1 aromatic heterocycles. The molecule has 0 fully saturated rings. The molecule has 2 nitrogen and oxygen atoms in total. The summed E-state index contributed by atoms with van der Waals surface area (Å²) in [5.74, 6) is 0. The Kier molecular flexibility index (Phi) is 8.47. The molecule has 0 spiro atoms. The van der Waals surface area contributed by atoms with Crippen LogP contribution in [0.15, 0.2) is 253 Å². The van der Waals surface area contributed by atoms with E-state index in [4.69, 9.17) is 4.42 Å². The van der Waals surface area contributed by atoms with Crippen molar-refractivity contribution in [3.63, 3.8) is 0 Å². The number of para-hydroxylation sites is 3. The molecular weight excluding hydrogens is 787 g/mol. The monoisotopic (exact) mass is 827 g/mol. The van der Waals surface area contributed by atoms with Gasteiger partial charge in [-0.15, -0.1) is 0 Å². The average Bonchev–Trinajstić information content (AvgIpc) is 3.91. The molecule has 0 atom stereocenters. The minimum absolute atomic E-state index is 0.542. The predicted octanol–water partition coefficient (Wildman–Crippen LogP) is 17.1. The summed E-state index contributed by atoms with van der Waals surface area (Å²) in [6.45, 7) is 0. The van der Waals surface area contributed by atoms with Gasteiger partial charge in [0, 0.05) is 33.3 Å². The third-order valence-corrected chi connectivity index (χ3v) is 13.7. The largest absolute Gasteiger partial charge is 0.455 e. The molecule has 1 aliphatic carbocycles. The van der Waals surface area contributed by atoms with Crippen LogP contribution < -0.4 is 4.90 Å². The van der Waals surface area contributed by atoms with Crippen molar-refractivity contribution >= 4 is 60.5 Å². The fraction of sp³-hybridized carbons (Fsp3) is 0.0159. The summed E-state index contributed by atoms with van der Waals surface area (Å²) in [5, 5.41) is 7.21. The Labute approximate surface area is 377 Å². The number of furan rings is 1. The van der Waals surface area contributed by atoms with Crippen molar-refractivity contribution in [1.29, 1.82) is 0 Å². The number of rotatable bonds is 7. The molecule has 0 saturated carbocycles. The summed E-state index contributed by atoms with van der Waals surface area (Å²) in [5.41, 5.74) is 16.6. The van der Waals surface area contributed by atoms with E-state index in [1.807, 2.05) is 6.07 Å². The van der Waals surface area contributed by atoms with Crippen molar-refractivity contribution in [2.75, 3.05) is 4.90 Å². The van der Waals surface area contributed by atoms with Crippen molar-refractivity contribution in [3.8, 4) is 33.4 Å². The topological polar surface area (TPSA) is 16.4 Å². The molecule has 1 aliphatic rings. The maximum absolute atomic E-state index is 6.54. The van der Waals surface area contributed by atoms with Crippen LogP contribution in [-0.4, -0.2) is 0 Å². The molecule has 13 rings (SSSR count). The molecule has 65 heavy (non-hydrogen) atoms. The second kappa shape index (κ2) is 14.8. The quantitative estimate of drug-likeness (QED) is 0.149. The average molecular weight is 828 g/mol. The highest BCUT2D eigenvalue weighted by atomic mass is 16.3. The van der Waals surface area contributed by atoms with Crippen LogP contribution in [0.25, 0.3) is 76.9 Å². The van der Waals surface area contributed by atoms with Crippen LogP contribution in [0.1, 0.15) is 22.3 Å². The van der Waals surface area contributed by atoms with Gasteiger partial charge in [-0.1, -0.05) is 212 Å². The van der Waals surface area contributed by atoms with Crippen molar-refractivity contribution < 1.29 is 4.42 Å². The number of nitrogens with zero attached hydrogens (tertiary/aromatic N) is 1. The highest BCUT2D eigenvalue weighted by Gasteiger charge is 2.46. The molecule has 304 valence electrons. The Hall–Kier alpha value is -8.46. The molecule has 0 amide bonds. The summed E-state index contributed by atoms with van der Waals surface area (Å²) in [4.78, 5) is 2.47. The lowest BCUT2D eigenvalue weighted by molar-refractivity contribution is 0.670. The molecule has 1 heterocycles. The fourth-order valence-corrected chi connectivity index (χ4v) is 10.9. The molecular formula is C63H41NO. The van der Waals surface area contributed by atoms with E-state index in [-0.39, 0.29) is 0 Å². The number of fused-ring (bicyclic) bond motifs is 9. The predicted molar refractivity (Wildman–Crippen MR) is 272 cm³/mol. The normalized spacial score (nSPS) is 12.7. The van der Waals surface area contributed by atoms with Gasteiger partial charge in [-0.05, 0) is 102 Å². The molecule has 0 N–H and O–H groups in total. The van der Waals surface area contributed by atoms with Gasteiger partial charge in [0.15, 0.2) is 0 Å². The fourth-order valence-electron chi connectivity index (χ4n) is 10.9. The maximum Gasteiger partial charge on any atom is 0.143 e. The second-order valence-electron chi connectivity index (χ2n) is 17.1. The molecule has 2 heteroatoms. The van der Waals surface area contributed by atoms with Crippen molar-refractivity contribution in [1.82, 2.24) is 0 Å². The van der Waals surface area contributed by atoms with Gasteiger partial charge in [0.25, 0.3) is 0 Å². The van der Waals surface area contributed by atoms with E-state index in [2.05, 4.69) is 248 Å². The Morgan fingerprint density at radius 3 is 1.72 bits per heavy atom. The molecule has 0 saturated heterocycles. The first kappa shape index (κ1) is 37.1. The second-order valence-corrected chi connectivity index (χ2v) is 17.1. The summed E-state index contributed by atoms with van der Waals surface area (Å²) >= 11 is 0. The number of benzene rings is 11. The number of hydrogen-bond acceptors (Lipinski definition) is 2. The van der Waals surface area contributed by atoms with Crippen LogP contribution in [0.4, 0.5) is 17.1 Å². The van der Waals surface area contributed by atoms with Crippen LogP contribution in [0.3, 0.4) is 0 Å². The summed E-state index contributed by atoms with van der Waals surface area (Å²) < 4.78 is 6.54. The van der Waals surface area contributed by atoms with Crippen LogP contribution in [0.5, 0.6) is 0 Å². The highest BCUT2D eigenvalue weighted by molar-refractivity contribution is 6.16. The minimum atomic E-state index is -0.542. The van der Waals surface area contributed by atoms with Crippen molar-refractivity contribution in [2.45, 2.75) is 5.41 Å². The zero-order valence-electron chi connectivity index (χ0n) is 35.5. The zero-order valence-corrected chi connectivity index (χ0v) is 35.5. The molecule has 0 radical (unpaired) electrons. The molecule has 0 bridgehead atoms. The van der Waals surface area contributed by atoms with Crippen molar-refractivity contribution in [3.05, 3.63) is 271 Å². The van der Waals surface area contributed by atoms with E-state index < -0.39 is 5.41 Å². The van der Waals surface area contributed by atoms with Crippen LogP contribution in [0, 0.1) is 0 Å². The molecule has 11 aromatic carbocycles. The first-order valence-corrected chi connectivity index (χ1v) is 22.4. The Morgan fingerprint density at radius 2 is 0.908 bits per heavy atom. The van der Waals surface area contributed by atoms with Crippen molar-refractivity contribution in [2.24, 2.45) is 0 Å². The zero-order chi connectivity index (χ0) is 42.9. The summed E-state index contributed by atoms with van der Waals surface area (Å²) in [6.07, 6.45) is 0. The number of hydrogen-bond donors (Lipinski definition) is 0. The van der Waals surface area contributed by atoms with Gasteiger partial charge in [-0.3, -0.25) is 0 Å². The van der Waals surface area contributed by atoms with Gasteiger partial charge in [0.05, 0.1) is 11.1 Å². The minimum Gasteiger partial charge on any atom is -0.455 e. The summed E-state index contributed by atoms with van der Waals surface area (Å²) in [7, 11) is 0. The molecule has 0 aliphatic heterocycles. The van der Waals surface area contributed by atoms with Crippen LogP contribution in [0.2, 0.25) is 0 Å². The van der Waals surface area contributed by atoms with E-state index in [1.165, 1.54) is 60.5 Å². The van der Waals surface area contributed by atoms with Gasteiger partial charge in [0.1, 0.15) is 11.2 Å². The van der Waals surface area contributed by atoms with Gasteiger partial charge >= 0.3 is 0 Å². The summed E-state index contributed by atoms with van der Waals surface area (Å²) in [6, 6.07) is 90.9. The Balaban J connectivity index is 1.06. The highest BCUT2D eigenvalue weighted by Crippen LogP contribution is 2.57. The van der Waals surface area contributed by atoms with E-state index >= 15 is 0 Å². The smallest absolute Gasteiger partial charge is 0.143 e.